The SMILES string of the molecule is CC(=O)N1[C@@H]2CC[C@H]1CC(C)C2. The molecule has 0 aromatic rings. The van der Waals surface area contributed by atoms with Crippen LogP contribution in [0.5, 0.6) is 0 Å². The molecule has 2 nitrogen and oxygen atoms in total. The highest BCUT2D eigenvalue weighted by Gasteiger charge is 2.40. The molecule has 2 aliphatic rings. The maximum absolute atomic E-state index is 11.3. The number of fused-ring (bicyclic) bond motifs is 2. The Morgan fingerprint density at radius 2 is 1.75 bits per heavy atom. The lowest BCUT2D eigenvalue weighted by atomic mass is 9.92. The number of nitrogens with zero attached hydrogens (tertiary/aromatic N) is 1. The first kappa shape index (κ1) is 8.09. The van der Waals surface area contributed by atoms with Gasteiger partial charge in [-0.15, -0.1) is 0 Å². The van der Waals surface area contributed by atoms with E-state index < -0.39 is 0 Å². The van der Waals surface area contributed by atoms with Gasteiger partial charge in [0.2, 0.25) is 5.91 Å². The topological polar surface area (TPSA) is 20.3 Å². The van der Waals surface area contributed by atoms with Crippen molar-refractivity contribution in [2.75, 3.05) is 0 Å². The molecule has 0 aromatic heterocycles. The van der Waals surface area contributed by atoms with Crippen LogP contribution in [-0.4, -0.2) is 22.9 Å². The van der Waals surface area contributed by atoms with Crippen molar-refractivity contribution in [1.82, 2.24) is 4.90 Å². The second-order valence-corrected chi connectivity index (χ2v) is 4.39. The monoisotopic (exact) mass is 167 g/mol. The third kappa shape index (κ3) is 1.13. The molecular weight excluding hydrogens is 150 g/mol. The second kappa shape index (κ2) is 2.75. The molecular formula is C10H17NO. The molecule has 0 saturated carbocycles. The predicted molar refractivity (Wildman–Crippen MR) is 47.7 cm³/mol. The molecule has 0 radical (unpaired) electrons. The van der Waals surface area contributed by atoms with Crippen LogP contribution in [0, 0.1) is 5.92 Å². The van der Waals surface area contributed by atoms with Crippen molar-refractivity contribution in [3.05, 3.63) is 0 Å². The Bertz CT molecular complexity index is 188. The molecule has 0 spiro atoms. The van der Waals surface area contributed by atoms with Crippen molar-refractivity contribution in [2.45, 2.75) is 51.6 Å². The van der Waals surface area contributed by atoms with Gasteiger partial charge in [0.15, 0.2) is 0 Å². The summed E-state index contributed by atoms with van der Waals surface area (Å²) in [6.45, 7) is 4.02. The fraction of sp³-hybridized carbons (Fsp3) is 0.900. The largest absolute Gasteiger partial charge is 0.337 e. The van der Waals surface area contributed by atoms with Crippen LogP contribution in [0.1, 0.15) is 39.5 Å². The normalized spacial score (nSPS) is 40.2. The molecule has 1 amide bonds. The summed E-state index contributed by atoms with van der Waals surface area (Å²) in [4.78, 5) is 13.4. The number of hydrogen-bond donors (Lipinski definition) is 0. The molecule has 2 bridgehead atoms. The molecule has 2 fully saturated rings. The highest BCUT2D eigenvalue weighted by atomic mass is 16.2. The Balaban J connectivity index is 2.14. The molecule has 0 N–H and O–H groups in total. The van der Waals surface area contributed by atoms with Crippen LogP contribution < -0.4 is 0 Å². The fourth-order valence-electron chi connectivity index (χ4n) is 2.96. The van der Waals surface area contributed by atoms with E-state index in [4.69, 9.17) is 0 Å². The molecule has 68 valence electrons. The van der Waals surface area contributed by atoms with E-state index in [1.165, 1.54) is 25.7 Å². The van der Waals surface area contributed by atoms with Crippen molar-refractivity contribution < 1.29 is 4.79 Å². The molecule has 0 aliphatic carbocycles. The van der Waals surface area contributed by atoms with E-state index in [1.807, 2.05) is 0 Å². The number of rotatable bonds is 0. The zero-order chi connectivity index (χ0) is 8.72. The average Bonchev–Trinajstić information content (AvgIpc) is 2.24. The summed E-state index contributed by atoms with van der Waals surface area (Å²) < 4.78 is 0. The average molecular weight is 167 g/mol. The van der Waals surface area contributed by atoms with E-state index in [0.717, 1.165) is 5.92 Å². The molecule has 2 heteroatoms. The van der Waals surface area contributed by atoms with Crippen LogP contribution in [0.3, 0.4) is 0 Å². The Morgan fingerprint density at radius 3 is 2.17 bits per heavy atom. The molecule has 2 heterocycles. The first-order valence-corrected chi connectivity index (χ1v) is 4.97. The lowest BCUT2D eigenvalue weighted by Gasteiger charge is -2.37. The van der Waals surface area contributed by atoms with Crippen molar-refractivity contribution in [1.29, 1.82) is 0 Å². The zero-order valence-electron chi connectivity index (χ0n) is 7.92. The van der Waals surface area contributed by atoms with Crippen molar-refractivity contribution in [3.63, 3.8) is 0 Å². The van der Waals surface area contributed by atoms with Crippen LogP contribution in [0.15, 0.2) is 0 Å². The highest BCUT2D eigenvalue weighted by molar-refractivity contribution is 5.74. The van der Waals surface area contributed by atoms with Crippen molar-refractivity contribution in [2.24, 2.45) is 5.92 Å². The van der Waals surface area contributed by atoms with Gasteiger partial charge in [0.1, 0.15) is 0 Å². The summed E-state index contributed by atoms with van der Waals surface area (Å²) in [5.41, 5.74) is 0. The minimum absolute atomic E-state index is 0.286. The molecule has 2 saturated heterocycles. The van der Waals surface area contributed by atoms with Gasteiger partial charge in [-0.2, -0.15) is 0 Å². The van der Waals surface area contributed by atoms with Gasteiger partial charge in [-0.3, -0.25) is 4.79 Å². The van der Waals surface area contributed by atoms with Gasteiger partial charge in [-0.1, -0.05) is 6.92 Å². The summed E-state index contributed by atoms with van der Waals surface area (Å²) >= 11 is 0. The Morgan fingerprint density at radius 1 is 1.25 bits per heavy atom. The summed E-state index contributed by atoms with van der Waals surface area (Å²) in [6.07, 6.45) is 4.95. The van der Waals surface area contributed by atoms with Crippen molar-refractivity contribution in [3.8, 4) is 0 Å². The van der Waals surface area contributed by atoms with Gasteiger partial charge >= 0.3 is 0 Å². The Hall–Kier alpha value is -0.530. The lowest BCUT2D eigenvalue weighted by molar-refractivity contribution is -0.133. The summed E-state index contributed by atoms with van der Waals surface area (Å²) in [5.74, 6) is 1.12. The smallest absolute Gasteiger partial charge is 0.219 e. The molecule has 2 rings (SSSR count). The van der Waals surface area contributed by atoms with Gasteiger partial charge in [0.25, 0.3) is 0 Å². The summed E-state index contributed by atoms with van der Waals surface area (Å²) in [7, 11) is 0. The van der Waals surface area contributed by atoms with Crippen LogP contribution in [-0.2, 0) is 4.79 Å². The van der Waals surface area contributed by atoms with E-state index in [0.29, 0.717) is 12.1 Å². The number of amides is 1. The van der Waals surface area contributed by atoms with Gasteiger partial charge in [0.05, 0.1) is 0 Å². The maximum atomic E-state index is 11.3. The van der Waals surface area contributed by atoms with E-state index in [-0.39, 0.29) is 5.91 Å². The third-order valence-electron chi connectivity index (χ3n) is 3.33. The molecule has 2 aliphatic heterocycles. The minimum Gasteiger partial charge on any atom is -0.337 e. The summed E-state index contributed by atoms with van der Waals surface area (Å²) in [6, 6.07) is 1.16. The first-order chi connectivity index (χ1) is 5.68. The van der Waals surface area contributed by atoms with Gasteiger partial charge in [0, 0.05) is 19.0 Å². The van der Waals surface area contributed by atoms with Crippen LogP contribution >= 0.6 is 0 Å². The fourth-order valence-corrected chi connectivity index (χ4v) is 2.96. The van der Waals surface area contributed by atoms with Crippen LogP contribution in [0.2, 0.25) is 0 Å². The predicted octanol–water partition coefficient (Wildman–Crippen LogP) is 1.80. The quantitative estimate of drug-likeness (QED) is 0.538. The first-order valence-electron chi connectivity index (χ1n) is 4.97. The van der Waals surface area contributed by atoms with E-state index in [9.17, 15) is 4.79 Å². The second-order valence-electron chi connectivity index (χ2n) is 4.39. The number of hydrogen-bond acceptors (Lipinski definition) is 1. The number of piperidine rings is 1. The van der Waals surface area contributed by atoms with Crippen molar-refractivity contribution >= 4 is 5.91 Å². The van der Waals surface area contributed by atoms with Gasteiger partial charge in [-0.25, -0.2) is 0 Å². The zero-order valence-corrected chi connectivity index (χ0v) is 7.92. The lowest BCUT2D eigenvalue weighted by Crippen LogP contribution is -2.44. The highest BCUT2D eigenvalue weighted by Crippen LogP contribution is 2.38. The third-order valence-corrected chi connectivity index (χ3v) is 3.33. The van der Waals surface area contributed by atoms with Crippen LogP contribution in [0.25, 0.3) is 0 Å². The van der Waals surface area contributed by atoms with E-state index in [2.05, 4.69) is 11.8 Å². The molecule has 0 aromatic carbocycles. The maximum Gasteiger partial charge on any atom is 0.219 e. The summed E-state index contributed by atoms with van der Waals surface area (Å²) in [5, 5.41) is 0. The molecule has 3 atom stereocenters. The Kier molecular flexibility index (Phi) is 1.85. The van der Waals surface area contributed by atoms with E-state index in [1.54, 1.807) is 6.92 Å². The van der Waals surface area contributed by atoms with Gasteiger partial charge < -0.3 is 4.90 Å². The van der Waals surface area contributed by atoms with Gasteiger partial charge in [-0.05, 0) is 31.6 Å². The number of carbonyl (C=O) groups excluding carboxylic acids is 1. The standard InChI is InChI=1S/C10H17NO/c1-7-5-9-3-4-10(6-7)11(9)8(2)12/h7,9-10H,3-6H2,1-2H3/t7?,9-,10+. The minimum atomic E-state index is 0.286. The van der Waals surface area contributed by atoms with E-state index >= 15 is 0 Å². The Labute approximate surface area is 73.9 Å². The molecule has 1 unspecified atom stereocenters. The van der Waals surface area contributed by atoms with Crippen LogP contribution in [0.4, 0.5) is 0 Å². The molecule has 12 heavy (non-hydrogen) atoms. The number of carbonyl (C=O) groups is 1.